The fourth-order valence-corrected chi connectivity index (χ4v) is 3.09. The number of hydrogen-bond donors (Lipinski definition) is 2. The van der Waals surface area contributed by atoms with E-state index in [1.54, 1.807) is 7.11 Å². The van der Waals surface area contributed by atoms with Gasteiger partial charge in [-0.3, -0.25) is 9.59 Å². The number of aryl methyl sites for hydroxylation is 1. The number of amides is 1. The molecule has 1 heterocycles. The van der Waals surface area contributed by atoms with Crippen LogP contribution < -0.4 is 15.6 Å². The standard InChI is InChI=1S/C23H26N2O3/c1-15(2)17-7-10-21-18(12-17)13-19(23(27)25-21)14-24-22(26)11-6-16-4-8-20(28-3)9-5-16/h4-5,7-10,12-13,15H,6,11,14H2,1-3H3,(H,24,26)(H,25,27). The Hall–Kier alpha value is -3.08. The highest BCUT2D eigenvalue weighted by Gasteiger charge is 2.08. The van der Waals surface area contributed by atoms with E-state index in [1.807, 2.05) is 42.5 Å². The van der Waals surface area contributed by atoms with Crippen molar-refractivity contribution in [1.29, 1.82) is 0 Å². The Morgan fingerprint density at radius 1 is 1.11 bits per heavy atom. The first kappa shape index (κ1) is 19.7. The van der Waals surface area contributed by atoms with E-state index in [0.717, 1.165) is 22.2 Å². The zero-order chi connectivity index (χ0) is 20.1. The fraction of sp³-hybridized carbons (Fsp3) is 0.304. The Morgan fingerprint density at radius 3 is 2.54 bits per heavy atom. The maximum absolute atomic E-state index is 12.3. The topological polar surface area (TPSA) is 71.2 Å². The Morgan fingerprint density at radius 2 is 1.86 bits per heavy atom. The average molecular weight is 378 g/mol. The summed E-state index contributed by atoms with van der Waals surface area (Å²) in [5.41, 5.74) is 3.49. The number of H-pyrrole nitrogens is 1. The molecule has 2 aromatic carbocycles. The van der Waals surface area contributed by atoms with Crippen molar-refractivity contribution in [3.63, 3.8) is 0 Å². The van der Waals surface area contributed by atoms with Gasteiger partial charge in [-0.1, -0.05) is 32.0 Å². The van der Waals surface area contributed by atoms with Gasteiger partial charge in [-0.25, -0.2) is 0 Å². The highest BCUT2D eigenvalue weighted by atomic mass is 16.5. The van der Waals surface area contributed by atoms with Gasteiger partial charge in [-0.05, 0) is 59.2 Å². The van der Waals surface area contributed by atoms with Gasteiger partial charge in [0.1, 0.15) is 5.75 Å². The van der Waals surface area contributed by atoms with E-state index in [1.165, 1.54) is 5.56 Å². The molecule has 0 saturated carbocycles. The molecule has 0 spiro atoms. The zero-order valence-corrected chi connectivity index (χ0v) is 16.5. The van der Waals surface area contributed by atoms with Crippen LogP contribution in [0.5, 0.6) is 5.75 Å². The van der Waals surface area contributed by atoms with E-state index >= 15 is 0 Å². The van der Waals surface area contributed by atoms with Crippen molar-refractivity contribution in [1.82, 2.24) is 10.3 Å². The molecule has 0 unspecified atom stereocenters. The van der Waals surface area contributed by atoms with Crippen molar-refractivity contribution in [2.45, 2.75) is 39.2 Å². The molecular formula is C23H26N2O3. The van der Waals surface area contributed by atoms with E-state index in [2.05, 4.69) is 30.2 Å². The maximum Gasteiger partial charge on any atom is 0.253 e. The van der Waals surface area contributed by atoms with Crippen LogP contribution >= 0.6 is 0 Å². The highest BCUT2D eigenvalue weighted by Crippen LogP contribution is 2.20. The van der Waals surface area contributed by atoms with Gasteiger partial charge >= 0.3 is 0 Å². The number of fused-ring (bicyclic) bond motifs is 1. The quantitative estimate of drug-likeness (QED) is 0.655. The normalized spacial score (nSPS) is 11.0. The molecule has 3 rings (SSSR count). The SMILES string of the molecule is COc1ccc(CCC(=O)NCc2cc3cc(C(C)C)ccc3[nH]c2=O)cc1. The van der Waals surface area contributed by atoms with Crippen LogP contribution in [0.1, 0.15) is 42.9 Å². The molecular weight excluding hydrogens is 352 g/mol. The van der Waals surface area contributed by atoms with Crippen molar-refractivity contribution < 1.29 is 9.53 Å². The maximum atomic E-state index is 12.3. The van der Waals surface area contributed by atoms with E-state index in [4.69, 9.17) is 4.74 Å². The number of ether oxygens (including phenoxy) is 1. The molecule has 0 aliphatic heterocycles. The van der Waals surface area contributed by atoms with E-state index in [0.29, 0.717) is 24.3 Å². The second-order valence-corrected chi connectivity index (χ2v) is 7.25. The first-order valence-corrected chi connectivity index (χ1v) is 9.51. The van der Waals surface area contributed by atoms with Crippen LogP contribution in [0.2, 0.25) is 0 Å². The summed E-state index contributed by atoms with van der Waals surface area (Å²) < 4.78 is 5.13. The van der Waals surface area contributed by atoms with Gasteiger partial charge in [0.2, 0.25) is 5.91 Å². The van der Waals surface area contributed by atoms with Gasteiger partial charge in [0.05, 0.1) is 7.11 Å². The number of nitrogens with one attached hydrogen (secondary N) is 2. The molecule has 0 aliphatic rings. The highest BCUT2D eigenvalue weighted by molar-refractivity contribution is 5.80. The first-order valence-electron chi connectivity index (χ1n) is 9.51. The lowest BCUT2D eigenvalue weighted by molar-refractivity contribution is -0.121. The van der Waals surface area contributed by atoms with Crippen LogP contribution in [0.15, 0.2) is 53.3 Å². The number of hydrogen-bond acceptors (Lipinski definition) is 3. The van der Waals surface area contributed by atoms with Crippen molar-refractivity contribution in [2.24, 2.45) is 0 Å². The largest absolute Gasteiger partial charge is 0.497 e. The van der Waals surface area contributed by atoms with E-state index < -0.39 is 0 Å². The summed E-state index contributed by atoms with van der Waals surface area (Å²) in [5, 5.41) is 3.83. The second-order valence-electron chi connectivity index (χ2n) is 7.25. The van der Waals surface area contributed by atoms with Crippen LogP contribution in [0.3, 0.4) is 0 Å². The van der Waals surface area contributed by atoms with E-state index in [9.17, 15) is 9.59 Å². The molecule has 0 aliphatic carbocycles. The smallest absolute Gasteiger partial charge is 0.253 e. The molecule has 5 heteroatoms. The van der Waals surface area contributed by atoms with Gasteiger partial charge in [-0.15, -0.1) is 0 Å². The molecule has 0 saturated heterocycles. The molecule has 2 N–H and O–H groups in total. The summed E-state index contributed by atoms with van der Waals surface area (Å²) >= 11 is 0. The van der Waals surface area contributed by atoms with Gasteiger partial charge in [-0.2, -0.15) is 0 Å². The molecule has 146 valence electrons. The number of pyridine rings is 1. The molecule has 0 fully saturated rings. The lowest BCUT2D eigenvalue weighted by Gasteiger charge is -2.09. The predicted octanol–water partition coefficient (Wildman–Crippen LogP) is 3.91. The lowest BCUT2D eigenvalue weighted by atomic mass is 10.0. The predicted molar refractivity (Wildman–Crippen MR) is 112 cm³/mol. The van der Waals surface area contributed by atoms with Crippen LogP contribution in [-0.4, -0.2) is 18.0 Å². The van der Waals surface area contributed by atoms with Crippen LogP contribution in [0, 0.1) is 0 Å². The molecule has 0 atom stereocenters. The summed E-state index contributed by atoms with van der Waals surface area (Å²) in [4.78, 5) is 27.4. The van der Waals surface area contributed by atoms with Gasteiger partial charge in [0, 0.05) is 24.0 Å². The summed E-state index contributed by atoms with van der Waals surface area (Å²) in [5.74, 6) is 1.13. The van der Waals surface area contributed by atoms with Gasteiger partial charge in [0.25, 0.3) is 5.56 Å². The van der Waals surface area contributed by atoms with Crippen LogP contribution in [0.4, 0.5) is 0 Å². The number of aromatic amines is 1. The minimum Gasteiger partial charge on any atom is -0.497 e. The van der Waals surface area contributed by atoms with Gasteiger partial charge < -0.3 is 15.0 Å². The molecule has 5 nitrogen and oxygen atoms in total. The third kappa shape index (κ3) is 4.80. The summed E-state index contributed by atoms with van der Waals surface area (Å²) in [7, 11) is 1.63. The van der Waals surface area contributed by atoms with E-state index in [-0.39, 0.29) is 18.0 Å². The summed E-state index contributed by atoms with van der Waals surface area (Å²) in [6.07, 6.45) is 1.01. The monoisotopic (exact) mass is 378 g/mol. The molecule has 0 bridgehead atoms. The molecule has 0 radical (unpaired) electrons. The average Bonchev–Trinajstić information content (AvgIpc) is 2.70. The lowest BCUT2D eigenvalue weighted by Crippen LogP contribution is -2.26. The Balaban J connectivity index is 1.62. The number of carbonyl (C=O) groups is 1. The second kappa shape index (κ2) is 8.74. The number of rotatable bonds is 7. The number of carbonyl (C=O) groups excluding carboxylic acids is 1. The Labute approximate surface area is 164 Å². The first-order chi connectivity index (χ1) is 13.5. The third-order valence-electron chi connectivity index (χ3n) is 4.89. The van der Waals surface area contributed by atoms with Gasteiger partial charge in [0.15, 0.2) is 0 Å². The number of aromatic nitrogens is 1. The van der Waals surface area contributed by atoms with Crippen molar-refractivity contribution in [3.8, 4) is 5.75 Å². The van der Waals surface area contributed by atoms with Crippen LogP contribution in [-0.2, 0) is 17.8 Å². The molecule has 1 aromatic heterocycles. The summed E-state index contributed by atoms with van der Waals surface area (Å²) in [6.45, 7) is 4.49. The van der Waals surface area contributed by atoms with Crippen molar-refractivity contribution in [3.05, 3.63) is 75.6 Å². The summed E-state index contributed by atoms with van der Waals surface area (Å²) in [6, 6.07) is 15.6. The zero-order valence-electron chi connectivity index (χ0n) is 16.5. The van der Waals surface area contributed by atoms with Crippen molar-refractivity contribution >= 4 is 16.8 Å². The third-order valence-corrected chi connectivity index (χ3v) is 4.89. The molecule has 1 amide bonds. The minimum absolute atomic E-state index is 0.0775. The number of benzene rings is 2. The van der Waals surface area contributed by atoms with Crippen LogP contribution in [0.25, 0.3) is 10.9 Å². The molecule has 28 heavy (non-hydrogen) atoms. The Bertz CT molecular complexity index is 1020. The minimum atomic E-state index is -0.166. The Kier molecular flexibility index (Phi) is 6.14. The number of methoxy groups -OCH3 is 1. The molecule has 3 aromatic rings. The fourth-order valence-electron chi connectivity index (χ4n) is 3.09. The van der Waals surface area contributed by atoms with Crippen molar-refractivity contribution in [2.75, 3.05) is 7.11 Å².